The summed E-state index contributed by atoms with van der Waals surface area (Å²) in [4.78, 5) is 29.3. The lowest BCUT2D eigenvalue weighted by molar-refractivity contribution is -0.121. The van der Waals surface area contributed by atoms with Crippen molar-refractivity contribution in [3.05, 3.63) is 82.9 Å². The predicted molar refractivity (Wildman–Crippen MR) is 108 cm³/mol. The number of aromatic nitrogens is 2. The highest BCUT2D eigenvalue weighted by atomic mass is 16.5. The fraction of sp³-hybridized carbons (Fsp3) is 0.136. The molecule has 0 saturated carbocycles. The minimum absolute atomic E-state index is 0.0935. The predicted octanol–water partition coefficient (Wildman–Crippen LogP) is 2.87. The number of hydrogen-bond acceptors (Lipinski definition) is 4. The van der Waals surface area contributed by atoms with E-state index in [1.54, 1.807) is 25.3 Å². The van der Waals surface area contributed by atoms with Gasteiger partial charge in [-0.1, -0.05) is 42.5 Å². The first kappa shape index (κ1) is 17.7. The largest absolute Gasteiger partial charge is 0.496 e. The Morgan fingerprint density at radius 2 is 1.79 bits per heavy atom. The molecule has 140 valence electrons. The van der Waals surface area contributed by atoms with Crippen LogP contribution in [-0.2, 0) is 17.9 Å². The van der Waals surface area contributed by atoms with Gasteiger partial charge in [0.25, 0.3) is 5.56 Å². The van der Waals surface area contributed by atoms with Gasteiger partial charge in [-0.15, -0.1) is 0 Å². The molecule has 3 aromatic carbocycles. The van der Waals surface area contributed by atoms with Crippen molar-refractivity contribution >= 4 is 27.6 Å². The van der Waals surface area contributed by atoms with Crippen molar-refractivity contribution in [2.45, 2.75) is 13.1 Å². The van der Waals surface area contributed by atoms with Crippen LogP contribution in [0.2, 0.25) is 0 Å². The second kappa shape index (κ2) is 7.52. The molecule has 0 bridgehead atoms. The van der Waals surface area contributed by atoms with Crippen LogP contribution in [0.25, 0.3) is 21.7 Å². The third kappa shape index (κ3) is 3.32. The normalized spacial score (nSPS) is 10.9. The van der Waals surface area contributed by atoms with Crippen molar-refractivity contribution in [3.8, 4) is 5.75 Å². The molecule has 0 spiro atoms. The molecule has 1 heterocycles. The average Bonchev–Trinajstić information content (AvgIpc) is 2.74. The summed E-state index contributed by atoms with van der Waals surface area (Å²) in [5, 5.41) is 5.47. The van der Waals surface area contributed by atoms with Gasteiger partial charge >= 0.3 is 0 Å². The topological polar surface area (TPSA) is 73.2 Å². The van der Waals surface area contributed by atoms with Gasteiger partial charge in [-0.05, 0) is 29.0 Å². The van der Waals surface area contributed by atoms with Gasteiger partial charge in [-0.25, -0.2) is 4.98 Å². The molecule has 4 aromatic rings. The van der Waals surface area contributed by atoms with Gasteiger partial charge in [0, 0.05) is 12.1 Å². The summed E-state index contributed by atoms with van der Waals surface area (Å²) < 4.78 is 6.77. The van der Waals surface area contributed by atoms with E-state index in [4.69, 9.17) is 4.74 Å². The maximum absolute atomic E-state index is 12.5. The quantitative estimate of drug-likeness (QED) is 0.584. The molecule has 0 radical (unpaired) electrons. The number of rotatable bonds is 5. The molecular formula is C22H19N3O3. The van der Waals surface area contributed by atoms with Crippen LogP contribution in [0.3, 0.4) is 0 Å². The van der Waals surface area contributed by atoms with E-state index < -0.39 is 0 Å². The van der Waals surface area contributed by atoms with Crippen molar-refractivity contribution in [3.63, 3.8) is 0 Å². The van der Waals surface area contributed by atoms with Crippen molar-refractivity contribution in [2.24, 2.45) is 0 Å². The van der Waals surface area contributed by atoms with Crippen molar-refractivity contribution < 1.29 is 9.53 Å². The Morgan fingerprint density at radius 3 is 2.61 bits per heavy atom. The molecule has 1 amide bonds. The Bertz CT molecular complexity index is 1230. The van der Waals surface area contributed by atoms with Crippen molar-refractivity contribution in [2.75, 3.05) is 7.11 Å². The monoisotopic (exact) mass is 373 g/mol. The average molecular weight is 373 g/mol. The summed E-state index contributed by atoms with van der Waals surface area (Å²) in [5.41, 5.74) is 1.28. The number of carbonyl (C=O) groups excluding carboxylic acids is 1. The molecule has 6 nitrogen and oxygen atoms in total. The van der Waals surface area contributed by atoms with Crippen molar-refractivity contribution in [1.29, 1.82) is 0 Å². The van der Waals surface area contributed by atoms with Crippen LogP contribution in [0.5, 0.6) is 5.75 Å². The van der Waals surface area contributed by atoms with Gasteiger partial charge in [0.1, 0.15) is 12.3 Å². The second-order valence-corrected chi connectivity index (χ2v) is 6.44. The first-order valence-electron chi connectivity index (χ1n) is 8.93. The van der Waals surface area contributed by atoms with Crippen LogP contribution >= 0.6 is 0 Å². The van der Waals surface area contributed by atoms with Gasteiger partial charge in [-0.3, -0.25) is 14.2 Å². The standard InChI is InChI=1S/C22H19N3O3/c1-28-20-11-10-15-6-2-3-7-16(15)18(20)12-23-21(26)13-25-14-24-19-9-5-4-8-17(19)22(25)27/h2-11,14H,12-13H2,1H3,(H,23,26). The summed E-state index contributed by atoms with van der Waals surface area (Å²) in [7, 11) is 1.61. The number of methoxy groups -OCH3 is 1. The van der Waals surface area contributed by atoms with E-state index in [0.717, 1.165) is 16.3 Å². The fourth-order valence-corrected chi connectivity index (χ4v) is 3.31. The second-order valence-electron chi connectivity index (χ2n) is 6.44. The molecule has 0 aliphatic heterocycles. The fourth-order valence-electron chi connectivity index (χ4n) is 3.31. The highest BCUT2D eigenvalue weighted by molar-refractivity contribution is 5.88. The Kier molecular flexibility index (Phi) is 4.76. The van der Waals surface area contributed by atoms with E-state index >= 15 is 0 Å². The molecule has 6 heteroatoms. The van der Waals surface area contributed by atoms with Crippen LogP contribution < -0.4 is 15.6 Å². The maximum atomic E-state index is 12.5. The van der Waals surface area contributed by atoms with Crippen LogP contribution in [0.15, 0.2) is 71.8 Å². The molecule has 0 saturated heterocycles. The molecular weight excluding hydrogens is 354 g/mol. The molecule has 1 N–H and O–H groups in total. The maximum Gasteiger partial charge on any atom is 0.261 e. The Balaban J connectivity index is 1.55. The van der Waals surface area contributed by atoms with Gasteiger partial charge in [-0.2, -0.15) is 0 Å². The number of carbonyl (C=O) groups is 1. The number of para-hydroxylation sites is 1. The van der Waals surface area contributed by atoms with Gasteiger partial charge < -0.3 is 10.1 Å². The number of fused-ring (bicyclic) bond motifs is 2. The third-order valence-electron chi connectivity index (χ3n) is 4.73. The molecule has 0 atom stereocenters. The third-order valence-corrected chi connectivity index (χ3v) is 4.73. The minimum atomic E-state index is -0.269. The Hall–Kier alpha value is -3.67. The minimum Gasteiger partial charge on any atom is -0.496 e. The van der Waals surface area contributed by atoms with Crippen LogP contribution in [0.4, 0.5) is 0 Å². The first-order chi connectivity index (χ1) is 13.7. The summed E-state index contributed by atoms with van der Waals surface area (Å²) in [6.45, 7) is 0.211. The number of benzene rings is 3. The Labute approximate surface area is 161 Å². The Morgan fingerprint density at radius 1 is 1.04 bits per heavy atom. The van der Waals surface area contributed by atoms with Crippen LogP contribution in [-0.4, -0.2) is 22.6 Å². The van der Waals surface area contributed by atoms with E-state index in [0.29, 0.717) is 23.2 Å². The lowest BCUT2D eigenvalue weighted by Gasteiger charge is -2.13. The summed E-state index contributed by atoms with van der Waals surface area (Å²) in [6.07, 6.45) is 1.41. The number of nitrogens with one attached hydrogen (secondary N) is 1. The molecule has 0 aliphatic carbocycles. The summed E-state index contributed by atoms with van der Waals surface area (Å²) in [6, 6.07) is 18.9. The number of hydrogen-bond donors (Lipinski definition) is 1. The summed E-state index contributed by atoms with van der Waals surface area (Å²) in [5.74, 6) is 0.442. The molecule has 0 aliphatic rings. The van der Waals surface area contributed by atoms with Crippen LogP contribution in [0, 0.1) is 0 Å². The first-order valence-corrected chi connectivity index (χ1v) is 8.93. The van der Waals surface area contributed by atoms with Crippen molar-refractivity contribution in [1.82, 2.24) is 14.9 Å². The molecule has 1 aromatic heterocycles. The highest BCUT2D eigenvalue weighted by Gasteiger charge is 2.11. The van der Waals surface area contributed by atoms with Gasteiger partial charge in [0.15, 0.2) is 0 Å². The molecule has 4 rings (SSSR count). The lowest BCUT2D eigenvalue weighted by atomic mass is 10.0. The zero-order chi connectivity index (χ0) is 19.5. The lowest BCUT2D eigenvalue weighted by Crippen LogP contribution is -2.32. The van der Waals surface area contributed by atoms with E-state index in [1.807, 2.05) is 42.5 Å². The van der Waals surface area contributed by atoms with E-state index in [9.17, 15) is 9.59 Å². The summed E-state index contributed by atoms with van der Waals surface area (Å²) >= 11 is 0. The number of nitrogens with zero attached hydrogens (tertiary/aromatic N) is 2. The molecule has 28 heavy (non-hydrogen) atoms. The highest BCUT2D eigenvalue weighted by Crippen LogP contribution is 2.27. The van der Waals surface area contributed by atoms with Gasteiger partial charge in [0.2, 0.25) is 5.91 Å². The zero-order valence-corrected chi connectivity index (χ0v) is 15.4. The van der Waals surface area contributed by atoms with E-state index in [1.165, 1.54) is 10.9 Å². The smallest absolute Gasteiger partial charge is 0.261 e. The van der Waals surface area contributed by atoms with Gasteiger partial charge in [0.05, 0.1) is 24.3 Å². The molecule has 0 unspecified atom stereocenters. The SMILES string of the molecule is COc1ccc2ccccc2c1CNC(=O)Cn1cnc2ccccc2c1=O. The number of amides is 1. The van der Waals surface area contributed by atoms with Crippen LogP contribution in [0.1, 0.15) is 5.56 Å². The zero-order valence-electron chi connectivity index (χ0n) is 15.4. The number of ether oxygens (including phenoxy) is 1. The molecule has 0 fully saturated rings. The van der Waals surface area contributed by atoms with E-state index in [2.05, 4.69) is 10.3 Å². The van der Waals surface area contributed by atoms with E-state index in [-0.39, 0.29) is 18.0 Å².